The molecular formula is C10H13N2NaO4S. The molecular weight excluding hydrogens is 267 g/mol. The second kappa shape index (κ2) is 6.74. The van der Waals surface area contributed by atoms with Gasteiger partial charge < -0.3 is 14.2 Å². The van der Waals surface area contributed by atoms with Crippen LogP contribution in [0.1, 0.15) is 0 Å². The van der Waals surface area contributed by atoms with E-state index in [1.165, 1.54) is 0 Å². The smallest absolute Gasteiger partial charge is 0.731 e. The number of hydrogen-bond donors (Lipinski definition) is 1. The van der Waals surface area contributed by atoms with Crippen LogP contribution in [0.25, 0.3) is 0 Å². The Morgan fingerprint density at radius 3 is 2.44 bits per heavy atom. The average molecular weight is 280 g/mol. The molecule has 1 heterocycles. The van der Waals surface area contributed by atoms with Gasteiger partial charge in [-0.1, -0.05) is 12.1 Å². The number of morpholine rings is 1. The summed E-state index contributed by atoms with van der Waals surface area (Å²) in [4.78, 5) is 1.98. The van der Waals surface area contributed by atoms with Crippen LogP contribution in [0.2, 0.25) is 0 Å². The predicted molar refractivity (Wildman–Crippen MR) is 62.8 cm³/mol. The fourth-order valence-corrected chi connectivity index (χ4v) is 2.22. The van der Waals surface area contributed by atoms with E-state index in [-0.39, 0.29) is 29.6 Å². The van der Waals surface area contributed by atoms with Crippen molar-refractivity contribution in [3.05, 3.63) is 24.3 Å². The molecule has 1 N–H and O–H groups in total. The molecule has 0 aliphatic carbocycles. The van der Waals surface area contributed by atoms with Gasteiger partial charge in [0.25, 0.3) is 0 Å². The van der Waals surface area contributed by atoms with Crippen LogP contribution in [0.15, 0.2) is 24.3 Å². The van der Waals surface area contributed by atoms with Gasteiger partial charge >= 0.3 is 29.6 Å². The first-order valence-electron chi connectivity index (χ1n) is 5.21. The second-order valence-corrected chi connectivity index (χ2v) is 4.79. The zero-order chi connectivity index (χ0) is 12.3. The van der Waals surface area contributed by atoms with Gasteiger partial charge in [0.05, 0.1) is 24.6 Å². The van der Waals surface area contributed by atoms with E-state index in [1.807, 2.05) is 9.62 Å². The molecule has 1 aromatic rings. The number of nitrogens with one attached hydrogen (secondary N) is 1. The Hall–Kier alpha value is -0.310. The number of ether oxygens (including phenoxy) is 1. The first-order valence-corrected chi connectivity index (χ1v) is 6.62. The van der Waals surface area contributed by atoms with Crippen LogP contribution in [0.4, 0.5) is 11.4 Å². The Morgan fingerprint density at radius 1 is 1.22 bits per heavy atom. The van der Waals surface area contributed by atoms with Gasteiger partial charge in [0.15, 0.2) is 10.3 Å². The van der Waals surface area contributed by atoms with Crippen LogP contribution in [-0.2, 0) is 15.0 Å². The van der Waals surface area contributed by atoms with Crippen molar-refractivity contribution in [3.63, 3.8) is 0 Å². The minimum absolute atomic E-state index is 0. The molecule has 1 aliphatic heterocycles. The maximum absolute atomic E-state index is 10.7. The zero-order valence-corrected chi connectivity index (χ0v) is 12.9. The summed E-state index contributed by atoms with van der Waals surface area (Å²) in [6.45, 7) is 2.55. The molecule has 94 valence electrons. The molecule has 8 heteroatoms. The van der Waals surface area contributed by atoms with Gasteiger partial charge in [-0.2, -0.15) is 0 Å². The van der Waals surface area contributed by atoms with Crippen molar-refractivity contribution in [3.8, 4) is 0 Å². The summed E-state index contributed by atoms with van der Waals surface area (Å²) < 4.78 is 39.4. The standard InChI is InChI=1S/C10H14N2O4S.Na/c13-17(14,15)11-9-3-1-2-4-10(9)12-5-7-16-8-6-12;/h1-4,11H,5-8H2,(H,13,14,15);/q;+1/p-1. The van der Waals surface area contributed by atoms with Gasteiger partial charge in [0.1, 0.15) is 0 Å². The summed E-state index contributed by atoms with van der Waals surface area (Å²) in [7, 11) is -4.50. The number of para-hydroxylation sites is 2. The van der Waals surface area contributed by atoms with E-state index in [0.717, 1.165) is 0 Å². The Morgan fingerprint density at radius 2 is 1.83 bits per heavy atom. The van der Waals surface area contributed by atoms with Crippen LogP contribution in [0.3, 0.4) is 0 Å². The Kier molecular flexibility index (Phi) is 5.90. The van der Waals surface area contributed by atoms with E-state index in [4.69, 9.17) is 4.74 Å². The SMILES string of the molecule is O=S(=O)([O-])Nc1ccccc1N1CCOCC1.[Na+]. The summed E-state index contributed by atoms with van der Waals surface area (Å²) in [6.07, 6.45) is 0. The predicted octanol–water partition coefficient (Wildman–Crippen LogP) is -2.60. The van der Waals surface area contributed by atoms with Crippen molar-refractivity contribution >= 4 is 21.7 Å². The fraction of sp³-hybridized carbons (Fsp3) is 0.400. The molecule has 0 aromatic heterocycles. The van der Waals surface area contributed by atoms with Crippen molar-refractivity contribution in [1.82, 2.24) is 0 Å². The van der Waals surface area contributed by atoms with Gasteiger partial charge in [0.2, 0.25) is 0 Å². The third-order valence-corrected chi connectivity index (χ3v) is 2.96. The molecule has 0 atom stereocenters. The molecule has 2 rings (SSSR count). The second-order valence-electron chi connectivity index (χ2n) is 3.67. The zero-order valence-electron chi connectivity index (χ0n) is 10.1. The Bertz CT molecular complexity index is 488. The molecule has 1 saturated heterocycles. The molecule has 1 fully saturated rings. The summed E-state index contributed by atoms with van der Waals surface area (Å²) in [5.41, 5.74) is 1.01. The molecule has 18 heavy (non-hydrogen) atoms. The minimum Gasteiger partial charge on any atom is -0.731 e. The van der Waals surface area contributed by atoms with E-state index in [2.05, 4.69) is 0 Å². The number of hydrogen-bond acceptors (Lipinski definition) is 5. The van der Waals surface area contributed by atoms with Crippen molar-refractivity contribution in [2.75, 3.05) is 35.9 Å². The van der Waals surface area contributed by atoms with E-state index >= 15 is 0 Å². The van der Waals surface area contributed by atoms with Gasteiger partial charge in [-0.25, -0.2) is 8.42 Å². The topological polar surface area (TPSA) is 81.7 Å². The average Bonchev–Trinajstić information content (AvgIpc) is 2.29. The molecule has 0 amide bonds. The van der Waals surface area contributed by atoms with Crippen LogP contribution < -0.4 is 39.2 Å². The maximum Gasteiger partial charge on any atom is 1.00 e. The summed E-state index contributed by atoms with van der Waals surface area (Å²) in [6, 6.07) is 6.82. The quantitative estimate of drug-likeness (QED) is 0.485. The summed E-state index contributed by atoms with van der Waals surface area (Å²) >= 11 is 0. The van der Waals surface area contributed by atoms with Gasteiger partial charge in [-0.15, -0.1) is 0 Å². The van der Waals surface area contributed by atoms with E-state index in [9.17, 15) is 13.0 Å². The van der Waals surface area contributed by atoms with E-state index < -0.39 is 10.3 Å². The maximum atomic E-state index is 10.7. The molecule has 0 radical (unpaired) electrons. The van der Waals surface area contributed by atoms with Crippen molar-refractivity contribution in [2.24, 2.45) is 0 Å². The van der Waals surface area contributed by atoms with Gasteiger partial charge in [-0.3, -0.25) is 4.72 Å². The van der Waals surface area contributed by atoms with Crippen LogP contribution in [-0.4, -0.2) is 39.3 Å². The van der Waals surface area contributed by atoms with E-state index in [0.29, 0.717) is 37.7 Å². The number of benzene rings is 1. The Balaban J connectivity index is 0.00000162. The van der Waals surface area contributed by atoms with Gasteiger partial charge in [0, 0.05) is 13.1 Å². The Labute approximate surface area is 128 Å². The number of rotatable bonds is 3. The summed E-state index contributed by atoms with van der Waals surface area (Å²) in [5, 5.41) is 0. The normalized spacial score (nSPS) is 15.9. The van der Waals surface area contributed by atoms with E-state index in [1.54, 1.807) is 24.3 Å². The first kappa shape index (κ1) is 15.7. The molecule has 0 bridgehead atoms. The molecule has 6 nitrogen and oxygen atoms in total. The van der Waals surface area contributed by atoms with Crippen molar-refractivity contribution < 1.29 is 47.3 Å². The third kappa shape index (κ3) is 4.42. The molecule has 0 saturated carbocycles. The summed E-state index contributed by atoms with van der Waals surface area (Å²) in [5.74, 6) is 0. The third-order valence-electron chi connectivity index (χ3n) is 2.49. The molecule has 0 spiro atoms. The van der Waals surface area contributed by atoms with Crippen LogP contribution in [0.5, 0.6) is 0 Å². The molecule has 1 aromatic carbocycles. The molecule has 0 unspecified atom stereocenters. The minimum atomic E-state index is -4.50. The number of anilines is 2. The largest absolute Gasteiger partial charge is 1.00 e. The van der Waals surface area contributed by atoms with Crippen molar-refractivity contribution in [1.29, 1.82) is 0 Å². The monoisotopic (exact) mass is 280 g/mol. The van der Waals surface area contributed by atoms with Crippen LogP contribution in [0, 0.1) is 0 Å². The molecule has 1 aliphatic rings. The van der Waals surface area contributed by atoms with Crippen molar-refractivity contribution in [2.45, 2.75) is 0 Å². The van der Waals surface area contributed by atoms with Gasteiger partial charge in [-0.05, 0) is 12.1 Å². The fourth-order valence-electron chi connectivity index (χ4n) is 1.77. The van der Waals surface area contributed by atoms with Crippen LogP contribution >= 0.6 is 0 Å². The first-order chi connectivity index (χ1) is 8.06. The number of nitrogens with zero attached hydrogens (tertiary/aromatic N) is 1.